The van der Waals surface area contributed by atoms with Crippen molar-refractivity contribution in [1.82, 2.24) is 15.2 Å². The Morgan fingerprint density at radius 1 is 1.10 bits per heavy atom. The summed E-state index contributed by atoms with van der Waals surface area (Å²) in [4.78, 5) is 19.9. The number of benzene rings is 2. The highest BCUT2D eigenvalue weighted by atomic mass is 19.4. The maximum atomic E-state index is 14.0. The second-order valence-electron chi connectivity index (χ2n) is 11.4. The van der Waals surface area contributed by atoms with Crippen LogP contribution in [0.3, 0.4) is 0 Å². The number of halogens is 3. The summed E-state index contributed by atoms with van der Waals surface area (Å²) in [6.07, 6.45) is 2.63. The number of carbonyl (C=O) groups is 1. The van der Waals surface area contributed by atoms with Crippen molar-refractivity contribution in [3.8, 4) is 11.1 Å². The minimum Gasteiger partial charge on any atom is -0.337 e. The van der Waals surface area contributed by atoms with E-state index >= 15 is 0 Å². The molecular formula is C32H34F3N3O. The summed E-state index contributed by atoms with van der Waals surface area (Å²) in [5.41, 5.74) is 3.84. The number of nitrogens with zero attached hydrogens (tertiary/aromatic N) is 2. The molecule has 1 N–H and O–H groups in total. The van der Waals surface area contributed by atoms with Gasteiger partial charge in [0.15, 0.2) is 0 Å². The van der Waals surface area contributed by atoms with Gasteiger partial charge in [-0.3, -0.25) is 9.78 Å². The SMILES string of the molecule is O=C(N1CCc2ncc(C(F)(F)F)cc2C1)C12CCCC1CC(NCCc1ccccc1-c1ccccc1)C2. The fraction of sp³-hybridized carbons (Fsp3) is 0.438. The van der Waals surface area contributed by atoms with Gasteiger partial charge in [0.05, 0.1) is 11.0 Å². The molecule has 3 atom stereocenters. The number of nitrogens with one attached hydrogen (secondary N) is 1. The number of pyridine rings is 1. The molecule has 0 saturated heterocycles. The Bertz CT molecular complexity index is 1340. The Labute approximate surface area is 227 Å². The number of carbonyl (C=O) groups excluding carboxylic acids is 1. The van der Waals surface area contributed by atoms with E-state index in [1.165, 1.54) is 22.8 Å². The molecule has 2 aliphatic carbocycles. The van der Waals surface area contributed by atoms with Crippen LogP contribution in [0.4, 0.5) is 13.2 Å². The van der Waals surface area contributed by atoms with Crippen molar-refractivity contribution >= 4 is 5.91 Å². The molecule has 1 amide bonds. The number of amides is 1. The molecular weight excluding hydrogens is 499 g/mol. The van der Waals surface area contributed by atoms with Crippen LogP contribution in [0.2, 0.25) is 0 Å². The fourth-order valence-corrected chi connectivity index (χ4v) is 7.27. The van der Waals surface area contributed by atoms with Gasteiger partial charge < -0.3 is 10.2 Å². The van der Waals surface area contributed by atoms with Crippen LogP contribution in [0.15, 0.2) is 66.9 Å². The molecule has 39 heavy (non-hydrogen) atoms. The Morgan fingerprint density at radius 2 is 1.90 bits per heavy atom. The Balaban J connectivity index is 1.11. The van der Waals surface area contributed by atoms with Crippen molar-refractivity contribution in [1.29, 1.82) is 0 Å². The first-order chi connectivity index (χ1) is 18.8. The lowest BCUT2D eigenvalue weighted by Gasteiger charge is -2.37. The third kappa shape index (κ3) is 5.09. The normalized spacial score (nSPS) is 24.4. The average molecular weight is 534 g/mol. The lowest BCUT2D eigenvalue weighted by Crippen LogP contribution is -2.47. The Kier molecular flexibility index (Phi) is 6.96. The van der Waals surface area contributed by atoms with Crippen LogP contribution in [0.25, 0.3) is 11.1 Å². The van der Waals surface area contributed by atoms with E-state index in [1.54, 1.807) is 4.90 Å². The van der Waals surface area contributed by atoms with Gasteiger partial charge in [0.2, 0.25) is 5.91 Å². The van der Waals surface area contributed by atoms with Crippen LogP contribution in [-0.4, -0.2) is 34.9 Å². The monoisotopic (exact) mass is 533 g/mol. The molecule has 1 aliphatic heterocycles. The average Bonchev–Trinajstić information content (AvgIpc) is 3.50. The first-order valence-corrected chi connectivity index (χ1v) is 14.0. The molecule has 2 heterocycles. The molecule has 2 saturated carbocycles. The number of hydrogen-bond donors (Lipinski definition) is 1. The third-order valence-corrected chi connectivity index (χ3v) is 9.15. The Hall–Kier alpha value is -3.19. The lowest BCUT2D eigenvalue weighted by molar-refractivity contribution is -0.144. The zero-order chi connectivity index (χ0) is 27.0. The van der Waals surface area contributed by atoms with Gasteiger partial charge in [-0.25, -0.2) is 0 Å². The molecule has 0 radical (unpaired) electrons. The van der Waals surface area contributed by atoms with Crippen LogP contribution in [-0.2, 0) is 30.4 Å². The van der Waals surface area contributed by atoms with Gasteiger partial charge in [0.1, 0.15) is 0 Å². The van der Waals surface area contributed by atoms with E-state index in [1.807, 2.05) is 6.07 Å². The molecule has 2 fully saturated rings. The van der Waals surface area contributed by atoms with E-state index in [0.29, 0.717) is 30.1 Å². The van der Waals surface area contributed by atoms with Crippen LogP contribution in [0.1, 0.15) is 54.5 Å². The summed E-state index contributed by atoms with van der Waals surface area (Å²) in [7, 11) is 0. The van der Waals surface area contributed by atoms with Crippen molar-refractivity contribution in [3.63, 3.8) is 0 Å². The number of fused-ring (bicyclic) bond motifs is 2. The minimum atomic E-state index is -4.44. The summed E-state index contributed by atoms with van der Waals surface area (Å²) in [5.74, 6) is 0.465. The van der Waals surface area contributed by atoms with Crippen molar-refractivity contribution in [2.45, 2.75) is 63.7 Å². The standard InChI is InChI=1S/C32H34F3N3O/c33-32(34,35)26-17-24-21-38(16-13-29(24)37-20-26)30(39)31-14-6-10-25(31)18-27(19-31)36-15-12-23-9-4-5-11-28(23)22-7-2-1-3-8-22/h1-5,7-9,11,17,20,25,27,36H,6,10,12-16,18-19,21H2. The fourth-order valence-electron chi connectivity index (χ4n) is 7.27. The zero-order valence-electron chi connectivity index (χ0n) is 22.0. The summed E-state index contributed by atoms with van der Waals surface area (Å²) in [6, 6.07) is 20.4. The van der Waals surface area contributed by atoms with E-state index in [2.05, 4.69) is 58.8 Å². The highest BCUT2D eigenvalue weighted by Crippen LogP contribution is 2.55. The van der Waals surface area contributed by atoms with Gasteiger partial charge in [0, 0.05) is 37.4 Å². The van der Waals surface area contributed by atoms with Crippen LogP contribution < -0.4 is 5.32 Å². The van der Waals surface area contributed by atoms with E-state index in [4.69, 9.17) is 0 Å². The number of rotatable bonds is 6. The number of hydrogen-bond acceptors (Lipinski definition) is 3. The highest BCUT2D eigenvalue weighted by molar-refractivity contribution is 5.84. The predicted octanol–water partition coefficient (Wildman–Crippen LogP) is 6.43. The molecule has 0 bridgehead atoms. The van der Waals surface area contributed by atoms with Crippen molar-refractivity contribution < 1.29 is 18.0 Å². The third-order valence-electron chi connectivity index (χ3n) is 9.15. The van der Waals surface area contributed by atoms with Crippen LogP contribution >= 0.6 is 0 Å². The first kappa shape index (κ1) is 26.1. The molecule has 6 rings (SSSR count). The molecule has 1 aromatic heterocycles. The van der Waals surface area contributed by atoms with Crippen molar-refractivity contribution in [3.05, 3.63) is 89.2 Å². The second-order valence-corrected chi connectivity index (χ2v) is 11.4. The molecule has 204 valence electrons. The first-order valence-electron chi connectivity index (χ1n) is 14.0. The van der Waals surface area contributed by atoms with Gasteiger partial charge in [-0.15, -0.1) is 0 Å². The summed E-state index contributed by atoms with van der Waals surface area (Å²) in [5, 5.41) is 3.75. The molecule has 3 unspecified atom stereocenters. The van der Waals surface area contributed by atoms with Gasteiger partial charge in [0.25, 0.3) is 0 Å². The molecule has 7 heteroatoms. The number of aromatic nitrogens is 1. The predicted molar refractivity (Wildman–Crippen MR) is 145 cm³/mol. The van der Waals surface area contributed by atoms with Gasteiger partial charge in [-0.2, -0.15) is 13.2 Å². The molecule has 3 aliphatic rings. The van der Waals surface area contributed by atoms with E-state index < -0.39 is 17.2 Å². The smallest absolute Gasteiger partial charge is 0.337 e. The van der Waals surface area contributed by atoms with Crippen LogP contribution in [0.5, 0.6) is 0 Å². The topological polar surface area (TPSA) is 45.2 Å². The quantitative estimate of drug-likeness (QED) is 0.397. The van der Waals surface area contributed by atoms with Crippen molar-refractivity contribution in [2.75, 3.05) is 13.1 Å². The summed E-state index contributed by atoms with van der Waals surface area (Å²) < 4.78 is 39.8. The van der Waals surface area contributed by atoms with Gasteiger partial charge in [-0.1, -0.05) is 61.0 Å². The Morgan fingerprint density at radius 3 is 2.72 bits per heavy atom. The summed E-state index contributed by atoms with van der Waals surface area (Å²) >= 11 is 0. The van der Waals surface area contributed by atoms with E-state index in [0.717, 1.165) is 51.3 Å². The molecule has 4 nitrogen and oxygen atoms in total. The van der Waals surface area contributed by atoms with Crippen molar-refractivity contribution in [2.24, 2.45) is 11.3 Å². The second kappa shape index (κ2) is 10.4. The van der Waals surface area contributed by atoms with Gasteiger partial charge >= 0.3 is 6.18 Å². The maximum Gasteiger partial charge on any atom is 0.417 e. The van der Waals surface area contributed by atoms with Crippen LogP contribution in [0, 0.1) is 11.3 Å². The maximum absolute atomic E-state index is 14.0. The number of alkyl halides is 3. The highest BCUT2D eigenvalue weighted by Gasteiger charge is 2.56. The van der Waals surface area contributed by atoms with E-state index in [-0.39, 0.29) is 18.5 Å². The molecule has 3 aromatic rings. The summed E-state index contributed by atoms with van der Waals surface area (Å²) in [6.45, 7) is 1.58. The minimum absolute atomic E-state index is 0.131. The van der Waals surface area contributed by atoms with E-state index in [9.17, 15) is 18.0 Å². The van der Waals surface area contributed by atoms with Gasteiger partial charge in [-0.05, 0) is 72.9 Å². The zero-order valence-corrected chi connectivity index (χ0v) is 22.0. The molecule has 2 aromatic carbocycles. The largest absolute Gasteiger partial charge is 0.417 e. The molecule has 0 spiro atoms. The lowest BCUT2D eigenvalue weighted by atomic mass is 9.78.